The maximum atomic E-state index is 10.9. The molecular formula is C13H22N4O. The zero-order valence-corrected chi connectivity index (χ0v) is 11.4. The van der Waals surface area contributed by atoms with Crippen LogP contribution in [0.1, 0.15) is 44.1 Å². The Hall–Kier alpha value is -1.36. The summed E-state index contributed by atoms with van der Waals surface area (Å²) in [6.07, 6.45) is 1.32. The Kier molecular flexibility index (Phi) is 3.43. The van der Waals surface area contributed by atoms with Crippen molar-refractivity contribution in [3.05, 3.63) is 17.0 Å². The molecule has 0 spiro atoms. The first kappa shape index (κ1) is 13.1. The van der Waals surface area contributed by atoms with Gasteiger partial charge in [0.05, 0.1) is 5.69 Å². The number of carbonyl (C=O) groups excluding carboxylic acids is 1. The van der Waals surface area contributed by atoms with Crippen LogP contribution >= 0.6 is 0 Å². The summed E-state index contributed by atoms with van der Waals surface area (Å²) in [5.41, 5.74) is 8.95. The van der Waals surface area contributed by atoms with E-state index in [4.69, 9.17) is 10.8 Å². The maximum absolute atomic E-state index is 10.9. The molecule has 0 atom stereocenters. The zero-order valence-electron chi connectivity index (χ0n) is 11.4. The Bertz CT molecular complexity index is 456. The fraction of sp³-hybridized carbons (Fsp3) is 0.692. The van der Waals surface area contributed by atoms with Crippen LogP contribution in [0.4, 0.5) is 0 Å². The van der Waals surface area contributed by atoms with Gasteiger partial charge in [0.25, 0.3) is 0 Å². The first-order valence-corrected chi connectivity index (χ1v) is 6.47. The maximum Gasteiger partial charge on any atom is 0.219 e. The van der Waals surface area contributed by atoms with Crippen molar-refractivity contribution < 1.29 is 4.79 Å². The molecule has 0 aliphatic carbocycles. The van der Waals surface area contributed by atoms with Gasteiger partial charge in [0.2, 0.25) is 5.91 Å². The number of hydrogen-bond donors (Lipinski definition) is 2. The topological polar surface area (TPSA) is 72.9 Å². The Morgan fingerprint density at radius 3 is 2.83 bits per heavy atom. The summed E-state index contributed by atoms with van der Waals surface area (Å²) in [5.74, 6) is -0.273. The average Bonchev–Trinajstić information content (AvgIpc) is 2.65. The molecule has 0 saturated heterocycles. The van der Waals surface area contributed by atoms with E-state index >= 15 is 0 Å². The lowest BCUT2D eigenvalue weighted by Gasteiger charge is -2.20. The second-order valence-corrected chi connectivity index (χ2v) is 5.89. The molecule has 0 unspecified atom stereocenters. The highest BCUT2D eigenvalue weighted by atomic mass is 16.1. The second kappa shape index (κ2) is 4.72. The predicted octanol–water partition coefficient (Wildman–Crippen LogP) is 0.702. The minimum absolute atomic E-state index is 0.0288. The van der Waals surface area contributed by atoms with E-state index in [0.29, 0.717) is 13.0 Å². The number of amides is 1. The van der Waals surface area contributed by atoms with Crippen molar-refractivity contribution in [2.45, 2.75) is 52.1 Å². The number of fused-ring (bicyclic) bond motifs is 1. The van der Waals surface area contributed by atoms with E-state index in [2.05, 4.69) is 26.1 Å². The predicted molar refractivity (Wildman–Crippen MR) is 70.1 cm³/mol. The highest BCUT2D eigenvalue weighted by Crippen LogP contribution is 2.29. The minimum Gasteiger partial charge on any atom is -0.370 e. The van der Waals surface area contributed by atoms with Crippen molar-refractivity contribution in [1.82, 2.24) is 15.1 Å². The molecule has 1 aliphatic rings. The number of nitrogens with one attached hydrogen (secondary N) is 1. The van der Waals surface area contributed by atoms with Crippen LogP contribution in [-0.4, -0.2) is 22.2 Å². The SMILES string of the molecule is CC(C)(C)c1nn(CCC(N)=O)c2c1CNCC2. The third-order valence-electron chi connectivity index (χ3n) is 3.29. The van der Waals surface area contributed by atoms with Gasteiger partial charge in [-0.3, -0.25) is 9.48 Å². The molecule has 1 amide bonds. The molecule has 5 nitrogen and oxygen atoms in total. The monoisotopic (exact) mass is 250 g/mol. The molecule has 2 rings (SSSR count). The van der Waals surface area contributed by atoms with Gasteiger partial charge in [0, 0.05) is 49.1 Å². The van der Waals surface area contributed by atoms with Gasteiger partial charge in [-0.25, -0.2) is 0 Å². The fourth-order valence-corrected chi connectivity index (χ4v) is 2.42. The number of primary amides is 1. The van der Waals surface area contributed by atoms with E-state index in [1.165, 1.54) is 11.3 Å². The van der Waals surface area contributed by atoms with Crippen LogP contribution in [0.15, 0.2) is 0 Å². The lowest BCUT2D eigenvalue weighted by molar-refractivity contribution is -0.118. The van der Waals surface area contributed by atoms with Gasteiger partial charge in [0.15, 0.2) is 0 Å². The molecule has 100 valence electrons. The Labute approximate surface area is 108 Å². The van der Waals surface area contributed by atoms with E-state index in [1.54, 1.807) is 0 Å². The number of aromatic nitrogens is 2. The Morgan fingerprint density at radius 1 is 1.50 bits per heavy atom. The molecule has 1 aromatic rings. The highest BCUT2D eigenvalue weighted by molar-refractivity contribution is 5.73. The number of nitrogens with two attached hydrogens (primary N) is 1. The van der Waals surface area contributed by atoms with Crippen LogP contribution in [0, 0.1) is 0 Å². The molecule has 1 aromatic heterocycles. The zero-order chi connectivity index (χ0) is 13.3. The molecule has 5 heteroatoms. The second-order valence-electron chi connectivity index (χ2n) is 5.89. The summed E-state index contributed by atoms with van der Waals surface area (Å²) in [7, 11) is 0. The third-order valence-corrected chi connectivity index (χ3v) is 3.29. The number of aryl methyl sites for hydroxylation is 1. The van der Waals surface area contributed by atoms with Gasteiger partial charge < -0.3 is 11.1 Å². The molecule has 1 aliphatic heterocycles. The van der Waals surface area contributed by atoms with Crippen LogP contribution in [0.3, 0.4) is 0 Å². The van der Waals surface area contributed by atoms with Crippen molar-refractivity contribution in [3.63, 3.8) is 0 Å². The van der Waals surface area contributed by atoms with E-state index in [-0.39, 0.29) is 11.3 Å². The van der Waals surface area contributed by atoms with Crippen molar-refractivity contribution >= 4 is 5.91 Å². The molecule has 0 radical (unpaired) electrons. The van der Waals surface area contributed by atoms with Gasteiger partial charge in [-0.05, 0) is 0 Å². The fourth-order valence-electron chi connectivity index (χ4n) is 2.42. The van der Waals surface area contributed by atoms with Crippen molar-refractivity contribution in [2.24, 2.45) is 5.73 Å². The van der Waals surface area contributed by atoms with Gasteiger partial charge in [-0.15, -0.1) is 0 Å². The molecule has 3 N–H and O–H groups in total. The summed E-state index contributed by atoms with van der Waals surface area (Å²) in [5, 5.41) is 8.09. The molecule has 0 saturated carbocycles. The van der Waals surface area contributed by atoms with Crippen molar-refractivity contribution in [1.29, 1.82) is 0 Å². The van der Waals surface area contributed by atoms with E-state index < -0.39 is 0 Å². The van der Waals surface area contributed by atoms with Gasteiger partial charge in [0.1, 0.15) is 0 Å². The number of rotatable bonds is 3. The lowest BCUT2D eigenvalue weighted by Crippen LogP contribution is -2.26. The molecule has 2 heterocycles. The molecule has 18 heavy (non-hydrogen) atoms. The first-order chi connectivity index (χ1) is 8.39. The molecule has 0 fully saturated rings. The van der Waals surface area contributed by atoms with Gasteiger partial charge >= 0.3 is 0 Å². The molecule has 0 bridgehead atoms. The molecule has 0 aromatic carbocycles. The van der Waals surface area contributed by atoms with Crippen LogP contribution in [0.5, 0.6) is 0 Å². The van der Waals surface area contributed by atoms with Crippen molar-refractivity contribution in [3.8, 4) is 0 Å². The standard InChI is InChI=1S/C13H22N4O/c1-13(2,3)12-9-8-15-6-4-10(9)17(16-12)7-5-11(14)18/h15H,4-8H2,1-3H3,(H2,14,18). The van der Waals surface area contributed by atoms with E-state index in [9.17, 15) is 4.79 Å². The normalized spacial score (nSPS) is 15.5. The minimum atomic E-state index is -0.273. The van der Waals surface area contributed by atoms with Gasteiger partial charge in [-0.2, -0.15) is 5.10 Å². The summed E-state index contributed by atoms with van der Waals surface area (Å²) < 4.78 is 1.97. The highest BCUT2D eigenvalue weighted by Gasteiger charge is 2.27. The number of nitrogens with zero attached hydrogens (tertiary/aromatic N) is 2. The summed E-state index contributed by atoms with van der Waals surface area (Å²) in [4.78, 5) is 10.9. The summed E-state index contributed by atoms with van der Waals surface area (Å²) >= 11 is 0. The summed E-state index contributed by atoms with van der Waals surface area (Å²) in [6.45, 7) is 8.94. The van der Waals surface area contributed by atoms with Gasteiger partial charge in [-0.1, -0.05) is 20.8 Å². The van der Waals surface area contributed by atoms with E-state index in [0.717, 1.165) is 25.2 Å². The third kappa shape index (κ3) is 2.56. The number of hydrogen-bond acceptors (Lipinski definition) is 3. The largest absolute Gasteiger partial charge is 0.370 e. The molecular weight excluding hydrogens is 228 g/mol. The van der Waals surface area contributed by atoms with Crippen LogP contribution < -0.4 is 11.1 Å². The Balaban J connectivity index is 2.35. The van der Waals surface area contributed by atoms with E-state index in [1.807, 2.05) is 4.68 Å². The van der Waals surface area contributed by atoms with Crippen LogP contribution in [0.2, 0.25) is 0 Å². The summed E-state index contributed by atoms with van der Waals surface area (Å²) in [6, 6.07) is 0. The number of carbonyl (C=O) groups is 1. The Morgan fingerprint density at radius 2 is 2.22 bits per heavy atom. The van der Waals surface area contributed by atoms with Crippen LogP contribution in [-0.2, 0) is 29.7 Å². The van der Waals surface area contributed by atoms with Crippen LogP contribution in [0.25, 0.3) is 0 Å². The quantitative estimate of drug-likeness (QED) is 0.829. The lowest BCUT2D eigenvalue weighted by atomic mass is 9.88. The smallest absolute Gasteiger partial charge is 0.219 e. The average molecular weight is 250 g/mol. The van der Waals surface area contributed by atoms with Crippen molar-refractivity contribution in [2.75, 3.05) is 6.54 Å². The first-order valence-electron chi connectivity index (χ1n) is 6.47.